The lowest BCUT2D eigenvalue weighted by Gasteiger charge is -2.17. The molecule has 0 bridgehead atoms. The van der Waals surface area contributed by atoms with Gasteiger partial charge in [-0.2, -0.15) is 0 Å². The van der Waals surface area contributed by atoms with Crippen molar-refractivity contribution in [2.45, 2.75) is 6.42 Å². The maximum atomic E-state index is 12.5. The van der Waals surface area contributed by atoms with Crippen LogP contribution in [0.15, 0.2) is 48.5 Å². The van der Waals surface area contributed by atoms with Crippen LogP contribution in [-0.2, 0) is 6.42 Å². The average molecular weight is 438 g/mol. The highest BCUT2D eigenvalue weighted by Crippen LogP contribution is 2.41. The number of benzene rings is 3. The van der Waals surface area contributed by atoms with Gasteiger partial charge in [0.2, 0.25) is 0 Å². The van der Waals surface area contributed by atoms with Gasteiger partial charge in [-0.3, -0.25) is 4.79 Å². The predicted octanol–water partition coefficient (Wildman–Crippen LogP) is 3.72. The predicted molar refractivity (Wildman–Crippen MR) is 117 cm³/mol. The fourth-order valence-electron chi connectivity index (χ4n) is 3.24. The molecule has 0 aromatic heterocycles. The van der Waals surface area contributed by atoms with Gasteiger partial charge >= 0.3 is 0 Å². The van der Waals surface area contributed by atoms with Crippen molar-refractivity contribution >= 4 is 11.9 Å². The molecule has 0 saturated carbocycles. The monoisotopic (exact) mass is 438 g/mol. The Bertz CT molecular complexity index is 1200. The molecule has 3 rings (SSSR count). The first kappa shape index (κ1) is 22.4. The van der Waals surface area contributed by atoms with Crippen LogP contribution in [0.25, 0.3) is 6.08 Å². The van der Waals surface area contributed by atoms with Gasteiger partial charge in [-0.1, -0.05) is 6.07 Å². The summed E-state index contributed by atoms with van der Waals surface area (Å²) < 4.78 is 10.9. The van der Waals surface area contributed by atoms with E-state index >= 15 is 0 Å². The Hall–Kier alpha value is -4.33. The molecular weight excluding hydrogens is 416 g/mol. The average Bonchev–Trinajstić information content (AvgIpc) is 2.77. The third kappa shape index (κ3) is 4.54. The van der Waals surface area contributed by atoms with Crippen LogP contribution < -0.4 is 9.47 Å². The van der Waals surface area contributed by atoms with Crippen LogP contribution in [0.5, 0.6) is 40.2 Å². The minimum Gasteiger partial charge on any atom is -0.507 e. The van der Waals surface area contributed by atoms with Gasteiger partial charge in [-0.25, -0.2) is 0 Å². The molecule has 166 valence electrons. The summed E-state index contributed by atoms with van der Waals surface area (Å²) >= 11 is 0. The number of aromatic hydroxyl groups is 5. The zero-order valence-electron chi connectivity index (χ0n) is 17.4. The van der Waals surface area contributed by atoms with Crippen LogP contribution in [-0.4, -0.2) is 45.5 Å². The SMILES string of the molecule is COc1cc(O)c(C=CC(=O)c2ccc(O)c(O)c2)c(OC)c1Cc1ccc(O)c(O)c1. The van der Waals surface area contributed by atoms with Crippen LogP contribution >= 0.6 is 0 Å². The number of carbonyl (C=O) groups is 1. The summed E-state index contributed by atoms with van der Waals surface area (Å²) in [5.74, 6) is -1.36. The van der Waals surface area contributed by atoms with Crippen molar-refractivity contribution in [1.29, 1.82) is 0 Å². The van der Waals surface area contributed by atoms with E-state index in [1.54, 1.807) is 6.07 Å². The second-order valence-electron chi connectivity index (χ2n) is 6.92. The first-order valence-corrected chi connectivity index (χ1v) is 9.47. The van der Waals surface area contributed by atoms with Crippen LogP contribution in [0.2, 0.25) is 0 Å². The Morgan fingerprint density at radius 1 is 0.812 bits per heavy atom. The van der Waals surface area contributed by atoms with Gasteiger partial charge in [0.15, 0.2) is 28.8 Å². The maximum absolute atomic E-state index is 12.5. The molecule has 0 aliphatic rings. The second-order valence-corrected chi connectivity index (χ2v) is 6.92. The molecule has 3 aromatic rings. The summed E-state index contributed by atoms with van der Waals surface area (Å²) in [7, 11) is 2.84. The molecule has 3 aromatic carbocycles. The smallest absolute Gasteiger partial charge is 0.185 e. The van der Waals surface area contributed by atoms with E-state index in [-0.39, 0.29) is 46.3 Å². The highest BCUT2D eigenvalue weighted by atomic mass is 16.5. The lowest BCUT2D eigenvalue weighted by atomic mass is 9.98. The normalized spacial score (nSPS) is 10.9. The van der Waals surface area contributed by atoms with E-state index in [9.17, 15) is 30.3 Å². The minimum atomic E-state index is -0.470. The van der Waals surface area contributed by atoms with E-state index in [1.807, 2.05) is 0 Å². The summed E-state index contributed by atoms with van der Waals surface area (Å²) in [6.07, 6.45) is 2.81. The van der Waals surface area contributed by atoms with E-state index < -0.39 is 11.5 Å². The van der Waals surface area contributed by atoms with E-state index in [1.165, 1.54) is 56.7 Å². The Morgan fingerprint density at radius 3 is 2.06 bits per heavy atom. The van der Waals surface area contributed by atoms with Crippen molar-refractivity contribution in [3.05, 3.63) is 70.8 Å². The van der Waals surface area contributed by atoms with Crippen molar-refractivity contribution in [1.82, 2.24) is 0 Å². The zero-order valence-corrected chi connectivity index (χ0v) is 17.4. The van der Waals surface area contributed by atoms with Gasteiger partial charge in [-0.15, -0.1) is 0 Å². The first-order valence-electron chi connectivity index (χ1n) is 9.47. The summed E-state index contributed by atoms with van der Waals surface area (Å²) in [5.41, 5.74) is 1.56. The number of allylic oxidation sites excluding steroid dienone is 1. The molecule has 8 heteroatoms. The number of carbonyl (C=O) groups excluding carboxylic acids is 1. The Morgan fingerprint density at radius 2 is 1.47 bits per heavy atom. The van der Waals surface area contributed by atoms with Crippen LogP contribution in [0.3, 0.4) is 0 Å². The van der Waals surface area contributed by atoms with Gasteiger partial charge in [0.1, 0.15) is 17.2 Å². The molecule has 0 unspecified atom stereocenters. The fourth-order valence-corrected chi connectivity index (χ4v) is 3.24. The number of ketones is 1. The lowest BCUT2D eigenvalue weighted by molar-refractivity contribution is 0.104. The van der Waals surface area contributed by atoms with Crippen LogP contribution in [0.1, 0.15) is 27.0 Å². The van der Waals surface area contributed by atoms with Crippen molar-refractivity contribution in [2.24, 2.45) is 0 Å². The molecule has 0 heterocycles. The number of ether oxygens (including phenoxy) is 2. The van der Waals surface area contributed by atoms with Crippen molar-refractivity contribution in [2.75, 3.05) is 14.2 Å². The third-order valence-electron chi connectivity index (χ3n) is 4.87. The number of methoxy groups -OCH3 is 2. The van der Waals surface area contributed by atoms with Gasteiger partial charge in [0.05, 0.1) is 19.8 Å². The molecule has 8 nitrogen and oxygen atoms in total. The Balaban J connectivity index is 2.02. The minimum absolute atomic E-state index is 0.142. The van der Waals surface area contributed by atoms with Crippen LogP contribution in [0, 0.1) is 0 Å². The number of phenols is 5. The molecule has 0 aliphatic carbocycles. The first-order chi connectivity index (χ1) is 15.2. The maximum Gasteiger partial charge on any atom is 0.185 e. The number of hydrogen-bond acceptors (Lipinski definition) is 8. The molecule has 5 N–H and O–H groups in total. The topological polar surface area (TPSA) is 137 Å². The molecule has 0 radical (unpaired) electrons. The molecular formula is C24H22O8. The number of phenolic OH excluding ortho intramolecular Hbond substituents is 5. The van der Waals surface area contributed by atoms with Gasteiger partial charge in [0.25, 0.3) is 0 Å². The molecule has 0 atom stereocenters. The Labute approximate surface area is 183 Å². The highest BCUT2D eigenvalue weighted by Gasteiger charge is 2.19. The summed E-state index contributed by atoms with van der Waals surface area (Å²) in [5, 5.41) is 48.8. The largest absolute Gasteiger partial charge is 0.507 e. The molecule has 0 fully saturated rings. The summed E-state index contributed by atoms with van der Waals surface area (Å²) in [6, 6.07) is 9.46. The standard InChI is InChI=1S/C24H22O8/c1-31-23-12-20(28)15(5-8-17(25)14-4-7-19(27)22(30)11-14)24(32-2)16(23)9-13-3-6-18(26)21(29)10-13/h3-8,10-12,26-30H,9H2,1-2H3. The van der Waals surface area contributed by atoms with E-state index in [2.05, 4.69) is 0 Å². The Kier molecular flexibility index (Phi) is 6.44. The van der Waals surface area contributed by atoms with E-state index in [4.69, 9.17) is 9.47 Å². The fraction of sp³-hybridized carbons (Fsp3) is 0.125. The molecule has 0 amide bonds. The molecule has 0 aliphatic heterocycles. The van der Waals surface area contributed by atoms with Gasteiger partial charge in [-0.05, 0) is 48.0 Å². The molecule has 32 heavy (non-hydrogen) atoms. The van der Waals surface area contributed by atoms with Gasteiger partial charge in [0, 0.05) is 23.6 Å². The second kappa shape index (κ2) is 9.22. The lowest BCUT2D eigenvalue weighted by Crippen LogP contribution is -2.01. The summed E-state index contributed by atoms with van der Waals surface area (Å²) in [6.45, 7) is 0. The van der Waals surface area contributed by atoms with Gasteiger partial charge < -0.3 is 35.0 Å². The molecule has 0 spiro atoms. The van der Waals surface area contributed by atoms with Crippen molar-refractivity contribution in [3.63, 3.8) is 0 Å². The number of rotatable bonds is 7. The molecule has 0 saturated heterocycles. The quantitative estimate of drug-likeness (QED) is 0.214. The number of hydrogen-bond donors (Lipinski definition) is 5. The zero-order chi connectivity index (χ0) is 23.4. The van der Waals surface area contributed by atoms with Crippen molar-refractivity contribution < 1.29 is 39.8 Å². The third-order valence-corrected chi connectivity index (χ3v) is 4.87. The highest BCUT2D eigenvalue weighted by molar-refractivity contribution is 6.07. The van der Waals surface area contributed by atoms with E-state index in [0.29, 0.717) is 16.9 Å². The summed E-state index contributed by atoms with van der Waals surface area (Å²) in [4.78, 5) is 12.5. The van der Waals surface area contributed by atoms with E-state index in [0.717, 1.165) is 6.07 Å². The van der Waals surface area contributed by atoms with Crippen LogP contribution in [0.4, 0.5) is 0 Å². The van der Waals surface area contributed by atoms with Crippen molar-refractivity contribution in [3.8, 4) is 40.2 Å².